The Labute approximate surface area is 120 Å². The lowest BCUT2D eigenvalue weighted by Gasteiger charge is -2.09. The van der Waals surface area contributed by atoms with Crippen LogP contribution in [0.5, 0.6) is 5.75 Å². The number of halogens is 1. The van der Waals surface area contributed by atoms with Gasteiger partial charge in [-0.1, -0.05) is 6.92 Å². The molecular weight excluding hydrogens is 283 g/mol. The van der Waals surface area contributed by atoms with E-state index in [9.17, 15) is 18.8 Å². The first kappa shape index (κ1) is 16.4. The highest BCUT2D eigenvalue weighted by molar-refractivity contribution is 5.95. The number of carboxylic acids is 1. The Kier molecular flexibility index (Phi) is 6.12. The number of imide groups is 1. The minimum atomic E-state index is -1.38. The number of ether oxygens (including phenoxy) is 1. The smallest absolute Gasteiger partial charge is 0.339 e. The van der Waals surface area contributed by atoms with Crippen molar-refractivity contribution in [2.75, 3.05) is 13.2 Å². The molecule has 3 N–H and O–H groups in total. The number of hydrogen-bond donors (Lipinski definition) is 3. The number of aromatic carboxylic acids is 1. The zero-order chi connectivity index (χ0) is 15.8. The number of carbonyl (C=O) groups excluding carboxylic acids is 2. The molecule has 0 aromatic heterocycles. The molecule has 0 atom stereocenters. The van der Waals surface area contributed by atoms with Gasteiger partial charge >= 0.3 is 12.0 Å². The fourth-order valence-electron chi connectivity index (χ4n) is 1.38. The van der Waals surface area contributed by atoms with Gasteiger partial charge in [0.25, 0.3) is 5.91 Å². The van der Waals surface area contributed by atoms with Gasteiger partial charge in [-0.25, -0.2) is 14.0 Å². The van der Waals surface area contributed by atoms with E-state index in [1.54, 1.807) is 0 Å². The molecule has 0 aliphatic rings. The van der Waals surface area contributed by atoms with Crippen LogP contribution in [0.15, 0.2) is 18.2 Å². The molecule has 0 saturated heterocycles. The van der Waals surface area contributed by atoms with Gasteiger partial charge in [0, 0.05) is 6.54 Å². The molecule has 0 heterocycles. The molecule has 0 bridgehead atoms. The minimum Gasteiger partial charge on any atom is -0.483 e. The number of hydrogen-bond acceptors (Lipinski definition) is 4. The minimum absolute atomic E-state index is 0.159. The van der Waals surface area contributed by atoms with Gasteiger partial charge in [0.2, 0.25) is 0 Å². The van der Waals surface area contributed by atoms with Crippen LogP contribution >= 0.6 is 0 Å². The summed E-state index contributed by atoms with van der Waals surface area (Å²) in [5.41, 5.74) is -0.404. The molecule has 8 heteroatoms. The molecule has 3 amide bonds. The van der Waals surface area contributed by atoms with Crippen LogP contribution in [-0.2, 0) is 4.79 Å². The van der Waals surface area contributed by atoms with Gasteiger partial charge in [0.05, 0.1) is 0 Å². The van der Waals surface area contributed by atoms with Crippen molar-refractivity contribution in [3.05, 3.63) is 29.6 Å². The summed E-state index contributed by atoms with van der Waals surface area (Å²) in [6.45, 7) is 1.71. The van der Waals surface area contributed by atoms with Crippen molar-refractivity contribution in [2.24, 2.45) is 0 Å². The van der Waals surface area contributed by atoms with Gasteiger partial charge in [-0.05, 0) is 24.6 Å². The first-order chi connectivity index (χ1) is 9.93. The van der Waals surface area contributed by atoms with E-state index in [4.69, 9.17) is 9.84 Å². The SMILES string of the molecule is CCCNC(=O)NC(=O)COc1ccc(F)cc1C(=O)O. The summed E-state index contributed by atoms with van der Waals surface area (Å²) in [7, 11) is 0. The summed E-state index contributed by atoms with van der Waals surface area (Å²) in [6.07, 6.45) is 0.718. The lowest BCUT2D eigenvalue weighted by atomic mass is 10.2. The average molecular weight is 298 g/mol. The predicted octanol–water partition coefficient (Wildman–Crippen LogP) is 1.14. The monoisotopic (exact) mass is 298 g/mol. The number of nitrogens with one attached hydrogen (secondary N) is 2. The summed E-state index contributed by atoms with van der Waals surface area (Å²) < 4.78 is 17.9. The Hall–Kier alpha value is -2.64. The standard InChI is InChI=1S/C13H15FN2O5/c1-2-5-15-13(20)16-11(17)7-21-10-4-3-8(14)6-9(10)12(18)19/h3-4,6H,2,5,7H2,1H3,(H,18,19)(H2,15,16,17,20). The highest BCUT2D eigenvalue weighted by Gasteiger charge is 2.14. The molecule has 1 rings (SSSR count). The van der Waals surface area contributed by atoms with Gasteiger partial charge in [-0.2, -0.15) is 0 Å². The fraction of sp³-hybridized carbons (Fsp3) is 0.308. The highest BCUT2D eigenvalue weighted by Crippen LogP contribution is 2.19. The first-order valence-corrected chi connectivity index (χ1v) is 6.17. The summed E-state index contributed by atoms with van der Waals surface area (Å²) in [4.78, 5) is 33.5. The fourth-order valence-corrected chi connectivity index (χ4v) is 1.38. The molecule has 0 spiro atoms. The lowest BCUT2D eigenvalue weighted by Crippen LogP contribution is -2.41. The maximum atomic E-state index is 12.9. The van der Waals surface area contributed by atoms with Crippen molar-refractivity contribution >= 4 is 17.9 Å². The van der Waals surface area contributed by atoms with Crippen LogP contribution in [0.2, 0.25) is 0 Å². The third kappa shape index (κ3) is 5.47. The Morgan fingerprint density at radius 1 is 1.33 bits per heavy atom. The molecule has 0 unspecified atom stereocenters. The van der Waals surface area contributed by atoms with E-state index < -0.39 is 35.9 Å². The van der Waals surface area contributed by atoms with Crippen LogP contribution < -0.4 is 15.4 Å². The third-order valence-electron chi connectivity index (χ3n) is 2.32. The molecule has 0 radical (unpaired) electrons. The van der Waals surface area contributed by atoms with E-state index in [2.05, 4.69) is 5.32 Å². The third-order valence-corrected chi connectivity index (χ3v) is 2.32. The second-order valence-electron chi connectivity index (χ2n) is 4.04. The van der Waals surface area contributed by atoms with E-state index in [-0.39, 0.29) is 5.75 Å². The van der Waals surface area contributed by atoms with Crippen molar-refractivity contribution in [1.29, 1.82) is 0 Å². The molecule has 1 aromatic carbocycles. The summed E-state index contributed by atoms with van der Waals surface area (Å²) >= 11 is 0. The maximum absolute atomic E-state index is 12.9. The quantitative estimate of drug-likeness (QED) is 0.730. The van der Waals surface area contributed by atoms with Gasteiger partial charge in [0.15, 0.2) is 6.61 Å². The van der Waals surface area contributed by atoms with Crippen molar-refractivity contribution in [3.8, 4) is 5.75 Å². The highest BCUT2D eigenvalue weighted by atomic mass is 19.1. The zero-order valence-corrected chi connectivity index (χ0v) is 11.3. The Bertz CT molecular complexity index is 547. The van der Waals surface area contributed by atoms with Gasteiger partial charge in [0.1, 0.15) is 17.1 Å². The topological polar surface area (TPSA) is 105 Å². The predicted molar refractivity (Wildman–Crippen MR) is 70.7 cm³/mol. The van der Waals surface area contributed by atoms with Crippen LogP contribution in [-0.4, -0.2) is 36.2 Å². The largest absolute Gasteiger partial charge is 0.483 e. The maximum Gasteiger partial charge on any atom is 0.339 e. The van der Waals surface area contributed by atoms with Crippen molar-refractivity contribution in [3.63, 3.8) is 0 Å². The molecule has 114 valence electrons. The molecule has 0 aliphatic heterocycles. The lowest BCUT2D eigenvalue weighted by molar-refractivity contribution is -0.122. The molecule has 0 aliphatic carbocycles. The van der Waals surface area contributed by atoms with E-state index in [0.29, 0.717) is 6.54 Å². The van der Waals surface area contributed by atoms with Gasteiger partial charge < -0.3 is 15.2 Å². The Balaban J connectivity index is 2.57. The Morgan fingerprint density at radius 2 is 2.05 bits per heavy atom. The Morgan fingerprint density at radius 3 is 2.67 bits per heavy atom. The molecule has 7 nitrogen and oxygen atoms in total. The van der Waals surface area contributed by atoms with Crippen molar-refractivity contribution < 1.29 is 28.6 Å². The van der Waals surface area contributed by atoms with Crippen LogP contribution in [0.3, 0.4) is 0 Å². The van der Waals surface area contributed by atoms with E-state index in [1.165, 1.54) is 0 Å². The average Bonchev–Trinajstić information content (AvgIpc) is 2.43. The second-order valence-corrected chi connectivity index (χ2v) is 4.04. The number of amides is 3. The summed E-state index contributed by atoms with van der Waals surface area (Å²) in [5, 5.41) is 13.3. The molecule has 21 heavy (non-hydrogen) atoms. The van der Waals surface area contributed by atoms with E-state index >= 15 is 0 Å². The molecule has 0 saturated carbocycles. The van der Waals surface area contributed by atoms with Gasteiger partial charge in [-0.15, -0.1) is 0 Å². The first-order valence-electron chi connectivity index (χ1n) is 6.17. The van der Waals surface area contributed by atoms with Crippen LogP contribution in [0.4, 0.5) is 9.18 Å². The second kappa shape index (κ2) is 7.83. The molecule has 1 aromatic rings. The number of rotatable bonds is 6. The number of benzene rings is 1. The van der Waals surface area contributed by atoms with Crippen LogP contribution in [0, 0.1) is 5.82 Å². The number of urea groups is 1. The summed E-state index contributed by atoms with van der Waals surface area (Å²) in [5.74, 6) is -3.02. The van der Waals surface area contributed by atoms with E-state index in [0.717, 1.165) is 24.6 Å². The molecular formula is C13H15FN2O5. The van der Waals surface area contributed by atoms with Crippen LogP contribution in [0.1, 0.15) is 23.7 Å². The number of carboxylic acid groups (broad SMARTS) is 1. The molecule has 0 fully saturated rings. The van der Waals surface area contributed by atoms with Crippen molar-refractivity contribution in [1.82, 2.24) is 10.6 Å². The zero-order valence-electron chi connectivity index (χ0n) is 11.3. The number of carbonyl (C=O) groups is 3. The van der Waals surface area contributed by atoms with Crippen molar-refractivity contribution in [2.45, 2.75) is 13.3 Å². The van der Waals surface area contributed by atoms with E-state index in [1.807, 2.05) is 12.2 Å². The normalized spacial score (nSPS) is 9.81. The summed E-state index contributed by atoms with van der Waals surface area (Å²) in [6, 6.07) is 2.23. The van der Waals surface area contributed by atoms with Gasteiger partial charge in [-0.3, -0.25) is 10.1 Å². The van der Waals surface area contributed by atoms with Crippen LogP contribution in [0.25, 0.3) is 0 Å².